The molecule has 7 rings (SSSR count). The normalized spacial score (nSPS) is 24.5. The molecular formula is C51H55NO23. The zero-order valence-electron chi connectivity index (χ0n) is 40.2. The van der Waals surface area contributed by atoms with E-state index in [4.69, 9.17) is 42.3 Å². The average molecular weight is 1050 g/mol. The Bertz CT molecular complexity index is 2910. The van der Waals surface area contributed by atoms with Crippen LogP contribution in [0.15, 0.2) is 94.2 Å². The fourth-order valence-corrected chi connectivity index (χ4v) is 7.91. The van der Waals surface area contributed by atoms with Crippen LogP contribution in [0.2, 0.25) is 0 Å². The first kappa shape index (κ1) is 55.2. The van der Waals surface area contributed by atoms with E-state index in [1.54, 1.807) is 30.3 Å². The molecular weight excluding hydrogens is 995 g/mol. The highest BCUT2D eigenvalue weighted by Crippen LogP contribution is 2.44. The van der Waals surface area contributed by atoms with E-state index in [-0.39, 0.29) is 34.5 Å². The number of benzene rings is 4. The molecule has 0 spiro atoms. The molecule has 3 heterocycles. The highest BCUT2D eigenvalue weighted by molar-refractivity contribution is 5.93. The second kappa shape index (κ2) is 23.8. The number of carbonyl (C=O) groups is 3. The van der Waals surface area contributed by atoms with Crippen molar-refractivity contribution >= 4 is 34.9 Å². The second-order valence-corrected chi connectivity index (χ2v) is 17.6. The van der Waals surface area contributed by atoms with Crippen molar-refractivity contribution in [1.29, 1.82) is 0 Å². The van der Waals surface area contributed by atoms with Gasteiger partial charge in [-0.25, -0.2) is 4.79 Å². The number of nitrogens with one attached hydrogen (secondary N) is 1. The summed E-state index contributed by atoms with van der Waals surface area (Å²) in [6.45, 7) is -0.523. The van der Waals surface area contributed by atoms with Crippen LogP contribution in [0.25, 0.3) is 28.4 Å². The van der Waals surface area contributed by atoms with Gasteiger partial charge in [0, 0.05) is 24.3 Å². The van der Waals surface area contributed by atoms with Crippen molar-refractivity contribution in [3.05, 3.63) is 106 Å². The molecule has 1 aromatic heterocycles. The maximum atomic E-state index is 14.1. The molecule has 24 heteroatoms. The molecule has 2 saturated heterocycles. The minimum atomic E-state index is -2.62. The minimum Gasteiger partial charge on any atom is -0.507 e. The fourth-order valence-electron chi connectivity index (χ4n) is 7.91. The smallest absolute Gasteiger partial charge is 0.338 e. The first-order chi connectivity index (χ1) is 35.7. The number of methoxy groups -OCH3 is 2. The van der Waals surface area contributed by atoms with E-state index in [0.717, 1.165) is 31.2 Å². The number of ether oxygens (including phenoxy) is 8. The van der Waals surface area contributed by atoms with Gasteiger partial charge in [0.05, 0.1) is 20.6 Å². The van der Waals surface area contributed by atoms with Crippen LogP contribution in [-0.2, 0) is 39.8 Å². The topological polar surface area (TPSA) is 370 Å². The lowest BCUT2D eigenvalue weighted by atomic mass is 9.99. The van der Waals surface area contributed by atoms with Crippen molar-refractivity contribution in [1.82, 2.24) is 5.32 Å². The van der Waals surface area contributed by atoms with Crippen molar-refractivity contribution in [3.63, 3.8) is 0 Å². The molecule has 24 nitrogen and oxygen atoms in total. The molecule has 0 radical (unpaired) electrons. The summed E-state index contributed by atoms with van der Waals surface area (Å²) in [5.74, 6) is -6.24. The monoisotopic (exact) mass is 1050 g/mol. The number of hydrogen-bond donors (Lipinski definition) is 11. The Morgan fingerprint density at radius 1 is 0.707 bits per heavy atom. The molecule has 1 amide bonds. The van der Waals surface area contributed by atoms with Crippen molar-refractivity contribution in [3.8, 4) is 51.6 Å². The Hall–Kier alpha value is -7.52. The van der Waals surface area contributed by atoms with Gasteiger partial charge in [0.15, 0.2) is 34.2 Å². The summed E-state index contributed by atoms with van der Waals surface area (Å²) in [5, 5.41) is 109. The van der Waals surface area contributed by atoms with Gasteiger partial charge in [-0.05, 0) is 60.9 Å². The highest BCUT2D eigenvalue weighted by atomic mass is 16.7. The number of phenols is 3. The minimum absolute atomic E-state index is 0.00878. The third-order valence-electron chi connectivity index (χ3n) is 12.1. The summed E-state index contributed by atoms with van der Waals surface area (Å²) in [5.41, 5.74) is -2.52. The van der Waals surface area contributed by atoms with E-state index in [1.807, 2.05) is 30.3 Å². The van der Waals surface area contributed by atoms with Crippen LogP contribution in [0.4, 0.5) is 0 Å². The largest absolute Gasteiger partial charge is 0.507 e. The molecule has 0 bridgehead atoms. The molecule has 11 atom stereocenters. The predicted octanol–water partition coefficient (Wildman–Crippen LogP) is 0.267. The van der Waals surface area contributed by atoms with E-state index in [1.165, 1.54) is 31.4 Å². The molecule has 2 aliphatic heterocycles. The Balaban J connectivity index is 0.941. The quantitative estimate of drug-likeness (QED) is 0.0390. The molecule has 4 aromatic carbocycles. The summed E-state index contributed by atoms with van der Waals surface area (Å²) in [6, 6.07) is 20.2. The molecule has 75 heavy (non-hydrogen) atoms. The molecule has 11 N–H and O–H groups in total. The zero-order chi connectivity index (χ0) is 54.3. The van der Waals surface area contributed by atoms with Gasteiger partial charge < -0.3 is 98.7 Å². The lowest BCUT2D eigenvalue weighted by Crippen LogP contribution is -2.60. The van der Waals surface area contributed by atoms with Crippen LogP contribution in [0, 0.1) is 0 Å². The lowest BCUT2D eigenvalue weighted by Gasteiger charge is -2.40. The molecule has 402 valence electrons. The number of carbonyl (C=O) groups excluding carboxylic acids is 3. The number of phenolic OH excluding ortho intramolecular Hbond substituents is 3. The molecule has 2 aliphatic rings. The SMILES string of the molecule is COc1cc(-c2oc3c(OC)c(O)cc(O)c3c(=O)c2O[C@@H]2O[C@H](COC(=O)CC(C)(O)C(=O)OC[C@H]3O[C@@H](Oc4ccc(CCNC(=O)/C=C/c5ccccc5)cc4)[C@H](O)[C@@H](O)[C@@H]3O)[C@@H](O)[C@H](O)[C@H]2O)ccc1O. The summed E-state index contributed by atoms with van der Waals surface area (Å²) in [6.07, 6.45) is -16.0. The van der Waals surface area contributed by atoms with Gasteiger partial charge in [-0.3, -0.25) is 14.4 Å². The summed E-state index contributed by atoms with van der Waals surface area (Å²) < 4.78 is 49.5. The van der Waals surface area contributed by atoms with Crippen LogP contribution < -0.4 is 29.7 Å². The number of fused-ring (bicyclic) bond motifs is 1. The van der Waals surface area contributed by atoms with E-state index in [0.29, 0.717) is 13.0 Å². The van der Waals surface area contributed by atoms with Crippen LogP contribution in [-0.4, -0.2) is 170 Å². The van der Waals surface area contributed by atoms with Crippen LogP contribution in [0.3, 0.4) is 0 Å². The lowest BCUT2D eigenvalue weighted by molar-refractivity contribution is -0.279. The van der Waals surface area contributed by atoms with Crippen LogP contribution >= 0.6 is 0 Å². The number of amides is 1. The van der Waals surface area contributed by atoms with E-state index < -0.39 is 138 Å². The number of aliphatic hydroxyl groups is 7. The summed E-state index contributed by atoms with van der Waals surface area (Å²) in [7, 11) is 2.38. The number of aromatic hydroxyl groups is 3. The standard InChI is InChI=1S/C51H55NO23/c1-51(66,50(65)70-23-33-38(59)40(61)42(63)48(72-33)71-27-13-9-25(10-14-27)17-18-52-34(56)16-11-24-7-5-4-6-8-24)21-35(57)69-22-32-37(58)41(62)43(64)49(73-32)75-47-39(60)36-29(54)20-30(55)45(68-3)46(36)74-44(47)26-12-15-28(53)31(19-26)67-2/h4-16,19-20,32-33,37-38,40-43,48-49,53-55,58-59,61-64,66H,17-18,21-23H2,1-3H3,(H,52,56)/b16-11+/t32-,33-,37-,38-,40+,41+,42-,43-,48-,49+,51?/m1/s1. The highest BCUT2D eigenvalue weighted by Gasteiger charge is 2.48. The van der Waals surface area contributed by atoms with Crippen molar-refractivity contribution < 1.29 is 108 Å². The molecule has 0 saturated carbocycles. The number of rotatable bonds is 19. The Morgan fingerprint density at radius 3 is 1.96 bits per heavy atom. The van der Waals surface area contributed by atoms with Gasteiger partial charge in [0.2, 0.25) is 35.4 Å². The molecule has 1 unspecified atom stereocenters. The van der Waals surface area contributed by atoms with Gasteiger partial charge in [0.1, 0.15) is 78.9 Å². The second-order valence-electron chi connectivity index (χ2n) is 17.6. The van der Waals surface area contributed by atoms with Crippen molar-refractivity contribution in [2.45, 2.75) is 86.8 Å². The summed E-state index contributed by atoms with van der Waals surface area (Å²) in [4.78, 5) is 52.5. The van der Waals surface area contributed by atoms with Gasteiger partial charge in [0.25, 0.3) is 0 Å². The van der Waals surface area contributed by atoms with E-state index >= 15 is 0 Å². The zero-order valence-corrected chi connectivity index (χ0v) is 40.2. The van der Waals surface area contributed by atoms with Crippen molar-refractivity contribution in [2.24, 2.45) is 0 Å². The Labute approximate surface area is 425 Å². The van der Waals surface area contributed by atoms with Crippen LogP contribution in [0.1, 0.15) is 24.5 Å². The van der Waals surface area contributed by atoms with Crippen molar-refractivity contribution in [2.75, 3.05) is 34.0 Å². The molecule has 2 fully saturated rings. The van der Waals surface area contributed by atoms with E-state index in [2.05, 4.69) is 5.32 Å². The number of aliphatic hydroxyl groups excluding tert-OH is 6. The van der Waals surface area contributed by atoms with E-state index in [9.17, 15) is 70.2 Å². The maximum absolute atomic E-state index is 14.1. The fraction of sp³-hybridized carbons (Fsp3) is 0.373. The maximum Gasteiger partial charge on any atom is 0.338 e. The molecule has 0 aliphatic carbocycles. The summed E-state index contributed by atoms with van der Waals surface area (Å²) >= 11 is 0. The Morgan fingerprint density at radius 2 is 1.33 bits per heavy atom. The van der Waals surface area contributed by atoms with Crippen LogP contribution in [0.5, 0.6) is 40.2 Å². The predicted molar refractivity (Wildman–Crippen MR) is 256 cm³/mol. The third kappa shape index (κ3) is 12.7. The molecule has 5 aromatic rings. The van der Waals surface area contributed by atoms with Gasteiger partial charge in [-0.15, -0.1) is 0 Å². The number of hydrogen-bond acceptors (Lipinski definition) is 23. The number of esters is 2. The Kier molecular flexibility index (Phi) is 17.5. The first-order valence-electron chi connectivity index (χ1n) is 23.1. The average Bonchev–Trinajstić information content (AvgIpc) is 3.38. The van der Waals surface area contributed by atoms with Gasteiger partial charge >= 0.3 is 11.9 Å². The third-order valence-corrected chi connectivity index (χ3v) is 12.1. The first-order valence-corrected chi connectivity index (χ1v) is 23.1. The van der Waals surface area contributed by atoms with Gasteiger partial charge in [-0.2, -0.15) is 0 Å². The van der Waals surface area contributed by atoms with Gasteiger partial charge in [-0.1, -0.05) is 42.5 Å².